The topological polar surface area (TPSA) is 58.2 Å². The Balaban J connectivity index is 1.54. The van der Waals surface area contributed by atoms with Gasteiger partial charge in [0.15, 0.2) is 0 Å². The third-order valence-electron chi connectivity index (χ3n) is 3.85. The van der Waals surface area contributed by atoms with Crippen LogP contribution in [-0.4, -0.2) is 11.8 Å². The Kier molecular flexibility index (Phi) is 5.39. The first-order chi connectivity index (χ1) is 12.6. The number of nitrogens with one attached hydrogen (secondary N) is 2. The molecular formula is C21H17FN2O2. The molecule has 0 aliphatic carbocycles. The van der Waals surface area contributed by atoms with Crippen LogP contribution < -0.4 is 10.9 Å². The van der Waals surface area contributed by atoms with Gasteiger partial charge in [-0.15, -0.1) is 0 Å². The highest BCUT2D eigenvalue weighted by molar-refractivity contribution is 5.96. The van der Waals surface area contributed by atoms with Crippen LogP contribution in [0, 0.1) is 5.82 Å². The summed E-state index contributed by atoms with van der Waals surface area (Å²) in [5.41, 5.74) is 7.89. The van der Waals surface area contributed by atoms with Crippen molar-refractivity contribution in [3.8, 4) is 11.1 Å². The monoisotopic (exact) mass is 348 g/mol. The Morgan fingerprint density at radius 2 is 1.35 bits per heavy atom. The van der Waals surface area contributed by atoms with Crippen LogP contribution in [0.15, 0.2) is 78.9 Å². The molecule has 0 saturated carbocycles. The fourth-order valence-corrected chi connectivity index (χ4v) is 2.48. The first-order valence-electron chi connectivity index (χ1n) is 8.11. The molecule has 5 heteroatoms. The molecule has 0 aliphatic rings. The van der Waals surface area contributed by atoms with Crippen molar-refractivity contribution in [2.75, 3.05) is 0 Å². The van der Waals surface area contributed by atoms with E-state index in [4.69, 9.17) is 0 Å². The molecule has 0 saturated heterocycles. The van der Waals surface area contributed by atoms with Gasteiger partial charge in [-0.3, -0.25) is 20.4 Å². The van der Waals surface area contributed by atoms with E-state index in [1.165, 1.54) is 24.3 Å². The molecule has 3 aromatic carbocycles. The molecule has 2 amide bonds. The molecule has 0 spiro atoms. The van der Waals surface area contributed by atoms with Crippen LogP contribution in [0.1, 0.15) is 15.9 Å². The van der Waals surface area contributed by atoms with Crippen molar-refractivity contribution in [1.82, 2.24) is 10.9 Å². The van der Waals surface area contributed by atoms with Crippen LogP contribution in [0.4, 0.5) is 4.39 Å². The molecule has 2 N–H and O–H groups in total. The second-order valence-electron chi connectivity index (χ2n) is 5.75. The van der Waals surface area contributed by atoms with Crippen molar-refractivity contribution >= 4 is 11.8 Å². The molecule has 0 fully saturated rings. The number of hydrogen-bond donors (Lipinski definition) is 2. The summed E-state index contributed by atoms with van der Waals surface area (Å²) in [6.07, 6.45) is 0.0491. The molecule has 130 valence electrons. The van der Waals surface area contributed by atoms with Crippen molar-refractivity contribution in [2.45, 2.75) is 6.42 Å². The summed E-state index contributed by atoms with van der Waals surface area (Å²) in [5, 5.41) is 0. The molecule has 26 heavy (non-hydrogen) atoms. The van der Waals surface area contributed by atoms with E-state index in [-0.39, 0.29) is 18.1 Å². The fraction of sp³-hybridized carbons (Fsp3) is 0.0476. The first-order valence-corrected chi connectivity index (χ1v) is 8.11. The maximum absolute atomic E-state index is 12.8. The second-order valence-corrected chi connectivity index (χ2v) is 5.75. The lowest BCUT2D eigenvalue weighted by atomic mass is 10.0. The lowest BCUT2D eigenvalue weighted by molar-refractivity contribution is -0.121. The molecule has 0 radical (unpaired) electrons. The Morgan fingerprint density at radius 3 is 2.00 bits per heavy atom. The number of amides is 2. The zero-order chi connectivity index (χ0) is 18.4. The van der Waals surface area contributed by atoms with E-state index in [9.17, 15) is 14.0 Å². The number of benzene rings is 3. The third kappa shape index (κ3) is 4.54. The molecule has 0 atom stereocenters. The summed E-state index contributed by atoms with van der Waals surface area (Å²) >= 11 is 0. The lowest BCUT2D eigenvalue weighted by Crippen LogP contribution is -2.42. The summed E-state index contributed by atoms with van der Waals surface area (Å²) in [4.78, 5) is 24.0. The molecule has 0 unspecified atom stereocenters. The molecule has 3 rings (SSSR count). The van der Waals surface area contributed by atoms with Gasteiger partial charge >= 0.3 is 0 Å². The SMILES string of the molecule is O=C(Cc1ccc(F)cc1)NNC(=O)c1ccc(-c2ccccc2)cc1. The van der Waals surface area contributed by atoms with Crippen LogP contribution in [0.3, 0.4) is 0 Å². The highest BCUT2D eigenvalue weighted by atomic mass is 19.1. The average molecular weight is 348 g/mol. The summed E-state index contributed by atoms with van der Waals surface area (Å²) in [5.74, 6) is -1.15. The summed E-state index contributed by atoms with van der Waals surface area (Å²) in [6.45, 7) is 0. The van der Waals surface area contributed by atoms with Gasteiger partial charge < -0.3 is 0 Å². The van der Waals surface area contributed by atoms with Crippen LogP contribution >= 0.6 is 0 Å². The number of halogens is 1. The summed E-state index contributed by atoms with van der Waals surface area (Å²) in [6, 6.07) is 22.6. The normalized spacial score (nSPS) is 10.2. The Labute approximate surface area is 150 Å². The van der Waals surface area contributed by atoms with Gasteiger partial charge in [0.2, 0.25) is 5.91 Å². The van der Waals surface area contributed by atoms with E-state index < -0.39 is 5.91 Å². The zero-order valence-corrected chi connectivity index (χ0v) is 13.9. The minimum atomic E-state index is -0.405. The van der Waals surface area contributed by atoms with Crippen molar-refractivity contribution < 1.29 is 14.0 Å². The van der Waals surface area contributed by atoms with Gasteiger partial charge in [0, 0.05) is 5.56 Å². The molecular weight excluding hydrogens is 331 g/mol. The van der Waals surface area contributed by atoms with Gasteiger partial charge in [-0.25, -0.2) is 4.39 Å². The number of rotatable bonds is 4. The van der Waals surface area contributed by atoms with E-state index in [1.807, 2.05) is 42.5 Å². The van der Waals surface area contributed by atoms with Crippen molar-refractivity contribution in [1.29, 1.82) is 0 Å². The quantitative estimate of drug-likeness (QED) is 0.709. The number of hydrogen-bond acceptors (Lipinski definition) is 2. The average Bonchev–Trinajstić information content (AvgIpc) is 2.69. The standard InChI is InChI=1S/C21H17FN2O2/c22-19-12-6-15(7-13-19)14-20(25)23-24-21(26)18-10-8-17(9-11-18)16-4-2-1-3-5-16/h1-13H,14H2,(H,23,25)(H,24,26). The van der Waals surface area contributed by atoms with E-state index in [0.717, 1.165) is 11.1 Å². The predicted octanol–water partition coefficient (Wildman–Crippen LogP) is 3.50. The summed E-state index contributed by atoms with van der Waals surface area (Å²) in [7, 11) is 0. The van der Waals surface area contributed by atoms with Crippen molar-refractivity contribution in [3.05, 3.63) is 95.8 Å². The molecule has 0 heterocycles. The van der Waals surface area contributed by atoms with E-state index in [1.54, 1.807) is 12.1 Å². The molecule has 0 bridgehead atoms. The zero-order valence-electron chi connectivity index (χ0n) is 13.9. The Morgan fingerprint density at radius 1 is 0.731 bits per heavy atom. The van der Waals surface area contributed by atoms with Crippen LogP contribution in [0.2, 0.25) is 0 Å². The maximum Gasteiger partial charge on any atom is 0.269 e. The first kappa shape index (κ1) is 17.4. The fourth-order valence-electron chi connectivity index (χ4n) is 2.48. The number of carbonyl (C=O) groups is 2. The van der Waals surface area contributed by atoms with Crippen molar-refractivity contribution in [3.63, 3.8) is 0 Å². The van der Waals surface area contributed by atoms with Crippen LogP contribution in [0.25, 0.3) is 11.1 Å². The van der Waals surface area contributed by atoms with Crippen LogP contribution in [-0.2, 0) is 11.2 Å². The second kappa shape index (κ2) is 8.07. The van der Waals surface area contributed by atoms with E-state index in [0.29, 0.717) is 11.1 Å². The smallest absolute Gasteiger partial charge is 0.269 e. The minimum absolute atomic E-state index is 0.0491. The van der Waals surface area contributed by atoms with Gasteiger partial charge in [-0.2, -0.15) is 0 Å². The predicted molar refractivity (Wildman–Crippen MR) is 97.6 cm³/mol. The molecule has 0 aliphatic heterocycles. The molecule has 3 aromatic rings. The largest absolute Gasteiger partial charge is 0.273 e. The van der Waals surface area contributed by atoms with Gasteiger partial charge in [0.1, 0.15) is 5.82 Å². The minimum Gasteiger partial charge on any atom is -0.273 e. The molecule has 4 nitrogen and oxygen atoms in total. The lowest BCUT2D eigenvalue weighted by Gasteiger charge is -2.08. The highest BCUT2D eigenvalue weighted by Gasteiger charge is 2.08. The number of carbonyl (C=O) groups excluding carboxylic acids is 2. The molecule has 0 aromatic heterocycles. The third-order valence-corrected chi connectivity index (χ3v) is 3.85. The van der Waals surface area contributed by atoms with Gasteiger partial charge in [0.25, 0.3) is 5.91 Å². The van der Waals surface area contributed by atoms with Gasteiger partial charge in [-0.05, 0) is 41.0 Å². The van der Waals surface area contributed by atoms with E-state index in [2.05, 4.69) is 10.9 Å². The van der Waals surface area contributed by atoms with E-state index >= 15 is 0 Å². The highest BCUT2D eigenvalue weighted by Crippen LogP contribution is 2.19. The maximum atomic E-state index is 12.8. The summed E-state index contributed by atoms with van der Waals surface area (Å²) < 4.78 is 12.8. The number of hydrazine groups is 1. The van der Waals surface area contributed by atoms with Crippen LogP contribution in [0.5, 0.6) is 0 Å². The van der Waals surface area contributed by atoms with Gasteiger partial charge in [-0.1, -0.05) is 54.6 Å². The van der Waals surface area contributed by atoms with Crippen molar-refractivity contribution in [2.24, 2.45) is 0 Å². The Bertz CT molecular complexity index is 892. The van der Waals surface area contributed by atoms with Gasteiger partial charge in [0.05, 0.1) is 6.42 Å². The Hall–Kier alpha value is -3.47.